The predicted octanol–water partition coefficient (Wildman–Crippen LogP) is 3.63. The molecule has 1 aromatic carbocycles. The van der Waals surface area contributed by atoms with E-state index in [9.17, 15) is 0 Å². The van der Waals surface area contributed by atoms with Gasteiger partial charge >= 0.3 is 0 Å². The fourth-order valence-corrected chi connectivity index (χ4v) is 2.72. The molecular formula is C14H14Cl2N4. The molecule has 0 unspecified atom stereocenters. The Morgan fingerprint density at radius 3 is 2.80 bits per heavy atom. The molecule has 0 amide bonds. The van der Waals surface area contributed by atoms with Gasteiger partial charge < -0.3 is 4.57 Å². The number of imidazole rings is 1. The number of rotatable bonds is 4. The quantitative estimate of drug-likeness (QED) is 0.690. The number of hydrogen-bond acceptors (Lipinski definition) is 2. The molecule has 0 aliphatic carbocycles. The zero-order valence-corrected chi connectivity index (χ0v) is 12.6. The molecule has 0 aliphatic heterocycles. The second-order valence-electron chi connectivity index (χ2n) is 4.70. The second-order valence-corrected chi connectivity index (χ2v) is 5.38. The minimum absolute atomic E-state index is 0.364. The molecule has 2 heterocycles. The molecule has 6 heteroatoms. The first-order valence-corrected chi connectivity index (χ1v) is 7.29. The Balaban J connectivity index is 1.95. The Morgan fingerprint density at radius 1 is 1.25 bits per heavy atom. The van der Waals surface area contributed by atoms with Crippen LogP contribution >= 0.6 is 23.2 Å². The molecule has 0 saturated carbocycles. The Bertz CT molecular complexity index is 745. The van der Waals surface area contributed by atoms with Crippen molar-refractivity contribution in [3.8, 4) is 0 Å². The van der Waals surface area contributed by atoms with E-state index in [1.165, 1.54) is 0 Å². The van der Waals surface area contributed by atoms with Crippen LogP contribution in [-0.2, 0) is 19.0 Å². The van der Waals surface area contributed by atoms with Crippen molar-refractivity contribution in [3.63, 3.8) is 0 Å². The van der Waals surface area contributed by atoms with Gasteiger partial charge in [-0.1, -0.05) is 17.7 Å². The summed E-state index contributed by atoms with van der Waals surface area (Å²) in [6.07, 6.45) is 3.87. The Labute approximate surface area is 126 Å². The second kappa shape index (κ2) is 5.46. The van der Waals surface area contributed by atoms with Crippen LogP contribution in [0.3, 0.4) is 0 Å². The lowest BCUT2D eigenvalue weighted by Gasteiger charge is -2.08. The van der Waals surface area contributed by atoms with E-state index < -0.39 is 0 Å². The van der Waals surface area contributed by atoms with Crippen LogP contribution in [0.1, 0.15) is 11.4 Å². The predicted molar refractivity (Wildman–Crippen MR) is 81.3 cm³/mol. The fourth-order valence-electron chi connectivity index (χ4n) is 2.30. The third-order valence-corrected chi connectivity index (χ3v) is 3.79. The molecule has 0 fully saturated rings. The van der Waals surface area contributed by atoms with Crippen molar-refractivity contribution in [1.82, 2.24) is 19.3 Å². The summed E-state index contributed by atoms with van der Waals surface area (Å²) in [6, 6.07) is 5.79. The van der Waals surface area contributed by atoms with Crippen molar-refractivity contribution < 1.29 is 0 Å². The van der Waals surface area contributed by atoms with E-state index in [4.69, 9.17) is 23.2 Å². The Hall–Kier alpha value is -1.52. The fraction of sp³-hybridized carbons (Fsp3) is 0.286. The molecule has 3 aromatic rings. The molecule has 0 N–H and O–H groups in total. The van der Waals surface area contributed by atoms with Gasteiger partial charge in [0.05, 0.1) is 29.2 Å². The highest BCUT2D eigenvalue weighted by molar-refractivity contribution is 6.35. The van der Waals surface area contributed by atoms with Gasteiger partial charge in [0.1, 0.15) is 11.3 Å². The molecule has 0 bridgehead atoms. The number of benzene rings is 1. The summed E-state index contributed by atoms with van der Waals surface area (Å²) in [7, 11) is 0. The number of hydrogen-bond donors (Lipinski definition) is 0. The third kappa shape index (κ3) is 2.41. The first-order valence-electron chi connectivity index (χ1n) is 6.37. The van der Waals surface area contributed by atoms with Crippen molar-refractivity contribution in [1.29, 1.82) is 0 Å². The summed E-state index contributed by atoms with van der Waals surface area (Å²) in [4.78, 5) is 4.52. The van der Waals surface area contributed by atoms with Crippen LogP contribution in [0, 0.1) is 6.92 Å². The zero-order chi connectivity index (χ0) is 14.1. The lowest BCUT2D eigenvalue weighted by molar-refractivity contribution is 0.533. The monoisotopic (exact) mass is 308 g/mol. The van der Waals surface area contributed by atoms with Crippen molar-refractivity contribution in [2.75, 3.05) is 0 Å². The SMILES string of the molecule is Cc1cnn(CCn2c(CCl)nc3c(Cl)cccc32)c1. The van der Waals surface area contributed by atoms with E-state index in [-0.39, 0.29) is 0 Å². The largest absolute Gasteiger partial charge is 0.325 e. The number of fused-ring (bicyclic) bond motifs is 1. The number of halogens is 2. The van der Waals surface area contributed by atoms with Crippen LogP contribution in [0.5, 0.6) is 0 Å². The smallest absolute Gasteiger partial charge is 0.124 e. The third-order valence-electron chi connectivity index (χ3n) is 3.24. The van der Waals surface area contributed by atoms with Gasteiger partial charge in [-0.15, -0.1) is 11.6 Å². The Morgan fingerprint density at radius 2 is 2.10 bits per heavy atom. The van der Waals surface area contributed by atoms with Gasteiger partial charge in [0, 0.05) is 12.7 Å². The van der Waals surface area contributed by atoms with Crippen LogP contribution in [0.25, 0.3) is 11.0 Å². The van der Waals surface area contributed by atoms with E-state index in [2.05, 4.69) is 14.6 Å². The van der Waals surface area contributed by atoms with Gasteiger partial charge in [0.2, 0.25) is 0 Å². The number of aromatic nitrogens is 4. The highest BCUT2D eigenvalue weighted by Crippen LogP contribution is 2.24. The van der Waals surface area contributed by atoms with Gasteiger partial charge in [0.15, 0.2) is 0 Å². The number of para-hydroxylation sites is 1. The van der Waals surface area contributed by atoms with Crippen molar-refractivity contribution in [2.24, 2.45) is 0 Å². The molecule has 0 spiro atoms. The average Bonchev–Trinajstić information content (AvgIpc) is 3.01. The summed E-state index contributed by atoms with van der Waals surface area (Å²) in [6.45, 7) is 3.57. The van der Waals surface area contributed by atoms with Crippen LogP contribution in [0.15, 0.2) is 30.6 Å². The number of alkyl halides is 1. The number of nitrogens with zero attached hydrogens (tertiary/aromatic N) is 4. The summed E-state index contributed by atoms with van der Waals surface area (Å²) >= 11 is 12.2. The van der Waals surface area contributed by atoms with Gasteiger partial charge in [-0.3, -0.25) is 4.68 Å². The summed E-state index contributed by atoms with van der Waals surface area (Å²) in [5.74, 6) is 1.20. The maximum Gasteiger partial charge on any atom is 0.124 e. The molecule has 4 nitrogen and oxygen atoms in total. The molecular weight excluding hydrogens is 295 g/mol. The molecule has 0 radical (unpaired) electrons. The normalized spacial score (nSPS) is 11.3. The summed E-state index contributed by atoms with van der Waals surface area (Å²) < 4.78 is 4.02. The summed E-state index contributed by atoms with van der Waals surface area (Å²) in [5.41, 5.74) is 2.97. The standard InChI is InChI=1S/C14H14Cl2N4/c1-10-8-17-19(9-10)5-6-20-12-4-2-3-11(16)14(12)18-13(20)7-15/h2-4,8-9H,5-7H2,1H3. The van der Waals surface area contributed by atoms with Gasteiger partial charge in [0.25, 0.3) is 0 Å². The van der Waals surface area contributed by atoms with E-state index in [1.54, 1.807) is 0 Å². The molecule has 2 aromatic heterocycles. The van der Waals surface area contributed by atoms with Crippen molar-refractivity contribution in [3.05, 3.63) is 47.0 Å². The summed E-state index contributed by atoms with van der Waals surface area (Å²) in [5, 5.41) is 4.95. The lowest BCUT2D eigenvalue weighted by atomic mass is 10.3. The highest BCUT2D eigenvalue weighted by Gasteiger charge is 2.12. The average molecular weight is 309 g/mol. The van der Waals surface area contributed by atoms with Crippen LogP contribution in [0.2, 0.25) is 5.02 Å². The van der Waals surface area contributed by atoms with Gasteiger partial charge in [-0.25, -0.2) is 4.98 Å². The molecule has 3 rings (SSSR count). The van der Waals surface area contributed by atoms with E-state index in [0.717, 1.165) is 35.5 Å². The maximum absolute atomic E-state index is 6.18. The minimum atomic E-state index is 0.364. The van der Waals surface area contributed by atoms with Crippen molar-refractivity contribution in [2.45, 2.75) is 25.9 Å². The maximum atomic E-state index is 6.18. The lowest BCUT2D eigenvalue weighted by Crippen LogP contribution is -2.10. The molecule has 104 valence electrons. The first-order chi connectivity index (χ1) is 9.69. The van der Waals surface area contributed by atoms with Crippen LogP contribution in [-0.4, -0.2) is 19.3 Å². The van der Waals surface area contributed by atoms with Crippen molar-refractivity contribution >= 4 is 34.2 Å². The van der Waals surface area contributed by atoms with Crippen LogP contribution < -0.4 is 0 Å². The van der Waals surface area contributed by atoms with Gasteiger partial charge in [-0.05, 0) is 24.6 Å². The van der Waals surface area contributed by atoms with Gasteiger partial charge in [-0.2, -0.15) is 5.10 Å². The molecule has 0 saturated heterocycles. The topological polar surface area (TPSA) is 35.6 Å². The molecule has 0 aliphatic rings. The molecule has 0 atom stereocenters. The van der Waals surface area contributed by atoms with Crippen LogP contribution in [0.4, 0.5) is 0 Å². The van der Waals surface area contributed by atoms with E-state index >= 15 is 0 Å². The Kier molecular flexibility index (Phi) is 3.68. The number of aryl methyl sites for hydroxylation is 3. The van der Waals surface area contributed by atoms with E-state index in [1.807, 2.05) is 42.2 Å². The zero-order valence-electron chi connectivity index (χ0n) is 11.1. The molecule has 20 heavy (non-hydrogen) atoms. The minimum Gasteiger partial charge on any atom is -0.325 e. The van der Waals surface area contributed by atoms with E-state index in [0.29, 0.717) is 10.9 Å². The first kappa shape index (κ1) is 13.5. The highest BCUT2D eigenvalue weighted by atomic mass is 35.5.